The zero-order valence-corrected chi connectivity index (χ0v) is 12.9. The molecule has 0 aliphatic heterocycles. The highest BCUT2D eigenvalue weighted by Gasteiger charge is 2.30. The molecule has 0 saturated heterocycles. The molecule has 108 valence electrons. The van der Waals surface area contributed by atoms with Crippen molar-refractivity contribution < 1.29 is 4.42 Å². The number of hydrogen-bond acceptors (Lipinski definition) is 2. The lowest BCUT2D eigenvalue weighted by Gasteiger charge is -2.37. The van der Waals surface area contributed by atoms with Crippen molar-refractivity contribution in [3.05, 3.63) is 23.7 Å². The van der Waals surface area contributed by atoms with Crippen molar-refractivity contribution in [1.82, 2.24) is 5.32 Å². The first-order chi connectivity index (χ1) is 9.10. The van der Waals surface area contributed by atoms with E-state index in [1.807, 2.05) is 0 Å². The van der Waals surface area contributed by atoms with Crippen LogP contribution in [0.25, 0.3) is 0 Å². The van der Waals surface area contributed by atoms with Gasteiger partial charge in [-0.1, -0.05) is 34.1 Å². The summed E-state index contributed by atoms with van der Waals surface area (Å²) in [6.07, 6.45) is 5.05. The second-order valence-electron chi connectivity index (χ2n) is 6.54. The first-order valence-electron chi connectivity index (χ1n) is 7.91. The largest absolute Gasteiger partial charge is 0.465 e. The Labute approximate surface area is 118 Å². The highest BCUT2D eigenvalue weighted by molar-refractivity contribution is 5.07. The molecule has 0 spiro atoms. The van der Waals surface area contributed by atoms with Gasteiger partial charge in [0.1, 0.15) is 11.5 Å². The average Bonchev–Trinajstić information content (AvgIpc) is 2.84. The van der Waals surface area contributed by atoms with Gasteiger partial charge in [0.2, 0.25) is 0 Å². The Hall–Kier alpha value is -0.760. The number of furan rings is 1. The predicted molar refractivity (Wildman–Crippen MR) is 80.1 cm³/mol. The smallest absolute Gasteiger partial charge is 0.117 e. The van der Waals surface area contributed by atoms with Crippen LogP contribution >= 0.6 is 0 Å². The Balaban J connectivity index is 1.91. The van der Waals surface area contributed by atoms with Gasteiger partial charge >= 0.3 is 0 Å². The second kappa shape index (κ2) is 6.60. The zero-order chi connectivity index (χ0) is 13.8. The summed E-state index contributed by atoms with van der Waals surface area (Å²) in [4.78, 5) is 0. The van der Waals surface area contributed by atoms with E-state index in [-0.39, 0.29) is 0 Å². The summed E-state index contributed by atoms with van der Waals surface area (Å²) in [5.41, 5.74) is 0. The number of hydrogen-bond donors (Lipinski definition) is 1. The molecular formula is C17H29NO. The Kier molecular flexibility index (Phi) is 5.09. The minimum absolute atomic E-state index is 0.652. The zero-order valence-electron chi connectivity index (χ0n) is 12.9. The summed E-state index contributed by atoms with van der Waals surface area (Å²) in [7, 11) is 0. The van der Waals surface area contributed by atoms with E-state index in [0.717, 1.165) is 42.2 Å². The summed E-state index contributed by atoms with van der Waals surface area (Å²) >= 11 is 0. The van der Waals surface area contributed by atoms with Crippen molar-refractivity contribution in [3.8, 4) is 0 Å². The monoisotopic (exact) mass is 263 g/mol. The SMILES string of the molecule is CCc1ccc(CNC2CC(C)CCC2C(C)C)o1. The highest BCUT2D eigenvalue weighted by atomic mass is 16.3. The third-order valence-corrected chi connectivity index (χ3v) is 4.63. The topological polar surface area (TPSA) is 25.2 Å². The molecule has 2 nitrogen and oxygen atoms in total. The van der Waals surface area contributed by atoms with Gasteiger partial charge < -0.3 is 9.73 Å². The average molecular weight is 263 g/mol. The Bertz CT molecular complexity index is 382. The molecule has 3 atom stereocenters. The van der Waals surface area contributed by atoms with Gasteiger partial charge in [0.05, 0.1) is 6.54 Å². The Morgan fingerprint density at radius 3 is 2.63 bits per heavy atom. The van der Waals surface area contributed by atoms with Gasteiger partial charge in [-0.3, -0.25) is 0 Å². The molecule has 0 radical (unpaired) electrons. The van der Waals surface area contributed by atoms with Crippen molar-refractivity contribution >= 4 is 0 Å². The second-order valence-corrected chi connectivity index (χ2v) is 6.54. The summed E-state index contributed by atoms with van der Waals surface area (Å²) in [6, 6.07) is 4.86. The van der Waals surface area contributed by atoms with E-state index in [2.05, 4.69) is 45.1 Å². The molecule has 0 aromatic carbocycles. The van der Waals surface area contributed by atoms with Crippen molar-refractivity contribution in [3.63, 3.8) is 0 Å². The van der Waals surface area contributed by atoms with Crippen LogP contribution in [0.3, 0.4) is 0 Å². The first-order valence-corrected chi connectivity index (χ1v) is 7.91. The fraction of sp³-hybridized carbons (Fsp3) is 0.765. The minimum atomic E-state index is 0.652. The molecule has 1 saturated carbocycles. The van der Waals surface area contributed by atoms with Gasteiger partial charge in [0.25, 0.3) is 0 Å². The number of rotatable bonds is 5. The fourth-order valence-electron chi connectivity index (χ4n) is 3.38. The van der Waals surface area contributed by atoms with E-state index >= 15 is 0 Å². The lowest BCUT2D eigenvalue weighted by molar-refractivity contribution is 0.166. The quantitative estimate of drug-likeness (QED) is 0.852. The van der Waals surface area contributed by atoms with E-state index in [0.29, 0.717) is 6.04 Å². The fourth-order valence-corrected chi connectivity index (χ4v) is 3.38. The molecule has 1 aliphatic carbocycles. The van der Waals surface area contributed by atoms with Crippen molar-refractivity contribution in [2.75, 3.05) is 0 Å². The molecule has 0 amide bonds. The maximum Gasteiger partial charge on any atom is 0.117 e. The van der Waals surface area contributed by atoms with Crippen LogP contribution in [-0.4, -0.2) is 6.04 Å². The van der Waals surface area contributed by atoms with E-state index in [1.165, 1.54) is 19.3 Å². The summed E-state index contributed by atoms with van der Waals surface area (Å²) < 4.78 is 5.78. The highest BCUT2D eigenvalue weighted by Crippen LogP contribution is 2.33. The first kappa shape index (κ1) is 14.6. The van der Waals surface area contributed by atoms with Crippen LogP contribution in [0.15, 0.2) is 16.5 Å². The van der Waals surface area contributed by atoms with E-state index in [4.69, 9.17) is 4.42 Å². The number of aryl methyl sites for hydroxylation is 1. The van der Waals surface area contributed by atoms with Gasteiger partial charge in [-0.05, 0) is 42.7 Å². The van der Waals surface area contributed by atoms with Gasteiger partial charge in [0.15, 0.2) is 0 Å². The molecule has 1 fully saturated rings. The predicted octanol–water partition coefficient (Wildman–Crippen LogP) is 4.39. The molecule has 1 N–H and O–H groups in total. The summed E-state index contributed by atoms with van der Waals surface area (Å²) in [6.45, 7) is 10.1. The summed E-state index contributed by atoms with van der Waals surface area (Å²) in [5.74, 6) is 4.62. The van der Waals surface area contributed by atoms with Crippen molar-refractivity contribution in [1.29, 1.82) is 0 Å². The normalized spacial score (nSPS) is 27.9. The molecule has 3 unspecified atom stereocenters. The molecular weight excluding hydrogens is 234 g/mol. The number of nitrogens with one attached hydrogen (secondary N) is 1. The maximum absolute atomic E-state index is 5.78. The molecule has 1 heterocycles. The van der Waals surface area contributed by atoms with Crippen LogP contribution in [0.4, 0.5) is 0 Å². The van der Waals surface area contributed by atoms with Crippen LogP contribution in [-0.2, 0) is 13.0 Å². The molecule has 1 aliphatic rings. The third-order valence-electron chi connectivity index (χ3n) is 4.63. The van der Waals surface area contributed by atoms with E-state index < -0.39 is 0 Å². The lowest BCUT2D eigenvalue weighted by atomic mass is 9.74. The van der Waals surface area contributed by atoms with Crippen LogP contribution < -0.4 is 5.32 Å². The third kappa shape index (κ3) is 3.85. The van der Waals surface area contributed by atoms with Gasteiger partial charge in [-0.15, -0.1) is 0 Å². The van der Waals surface area contributed by atoms with Gasteiger partial charge in [-0.2, -0.15) is 0 Å². The molecule has 1 aromatic heterocycles. The Morgan fingerprint density at radius 1 is 1.26 bits per heavy atom. The Morgan fingerprint density at radius 2 is 2.00 bits per heavy atom. The van der Waals surface area contributed by atoms with Crippen molar-refractivity contribution in [2.45, 2.75) is 66.0 Å². The molecule has 2 rings (SSSR count). The molecule has 1 aromatic rings. The van der Waals surface area contributed by atoms with Crippen LogP contribution in [0.5, 0.6) is 0 Å². The van der Waals surface area contributed by atoms with Crippen LogP contribution in [0, 0.1) is 17.8 Å². The van der Waals surface area contributed by atoms with Crippen LogP contribution in [0.2, 0.25) is 0 Å². The maximum atomic E-state index is 5.78. The standard InChI is InChI=1S/C17H29NO/c1-5-14-7-8-15(19-14)11-18-17-10-13(4)6-9-16(17)12(2)3/h7-8,12-13,16-18H,5-6,9-11H2,1-4H3. The molecule has 2 heteroatoms. The van der Waals surface area contributed by atoms with Crippen molar-refractivity contribution in [2.24, 2.45) is 17.8 Å². The van der Waals surface area contributed by atoms with Gasteiger partial charge in [-0.25, -0.2) is 0 Å². The van der Waals surface area contributed by atoms with E-state index in [1.54, 1.807) is 0 Å². The minimum Gasteiger partial charge on any atom is -0.465 e. The summed E-state index contributed by atoms with van der Waals surface area (Å²) in [5, 5.41) is 3.74. The van der Waals surface area contributed by atoms with Crippen LogP contribution in [0.1, 0.15) is 58.5 Å². The lowest BCUT2D eigenvalue weighted by Crippen LogP contribution is -2.42. The van der Waals surface area contributed by atoms with E-state index in [9.17, 15) is 0 Å². The molecule has 19 heavy (non-hydrogen) atoms. The molecule has 0 bridgehead atoms. The van der Waals surface area contributed by atoms with Gasteiger partial charge in [0, 0.05) is 12.5 Å².